The van der Waals surface area contributed by atoms with E-state index in [1.54, 1.807) is 6.07 Å². The Morgan fingerprint density at radius 2 is 1.97 bits per heavy atom. The molecule has 0 amide bonds. The molecule has 1 heterocycles. The summed E-state index contributed by atoms with van der Waals surface area (Å²) in [4.78, 5) is 21.2. The Kier molecular flexibility index (Phi) is 6.79. The minimum atomic E-state index is -0.587. The third-order valence-electron chi connectivity index (χ3n) is 4.42. The van der Waals surface area contributed by atoms with Crippen LogP contribution in [0, 0.1) is 6.92 Å². The molecule has 0 unspecified atom stereocenters. The van der Waals surface area contributed by atoms with Gasteiger partial charge in [0.15, 0.2) is 5.71 Å². The maximum atomic E-state index is 12.1. The van der Waals surface area contributed by atoms with Crippen LogP contribution in [0.5, 0.6) is 5.75 Å². The van der Waals surface area contributed by atoms with Crippen molar-refractivity contribution in [1.82, 2.24) is 10.1 Å². The highest BCUT2D eigenvalue weighted by Crippen LogP contribution is 2.26. The molecule has 0 aliphatic rings. The number of hydrogen-bond acceptors (Lipinski definition) is 8. The molecule has 0 saturated heterocycles. The highest BCUT2D eigenvalue weighted by molar-refractivity contribution is 6.43. The van der Waals surface area contributed by atoms with E-state index in [9.17, 15) is 4.79 Å². The zero-order valence-corrected chi connectivity index (χ0v) is 17.3. The topological polar surface area (TPSA) is 96.0 Å². The van der Waals surface area contributed by atoms with Gasteiger partial charge in [-0.1, -0.05) is 41.5 Å². The lowest BCUT2D eigenvalue weighted by molar-refractivity contribution is -0.132. The number of nitrogens with zero attached hydrogens (tertiary/aromatic N) is 3. The van der Waals surface area contributed by atoms with E-state index in [0.29, 0.717) is 29.4 Å². The summed E-state index contributed by atoms with van der Waals surface area (Å²) in [5.41, 5.74) is 3.21. The second kappa shape index (κ2) is 9.69. The van der Waals surface area contributed by atoms with Crippen molar-refractivity contribution in [2.24, 2.45) is 5.16 Å². The van der Waals surface area contributed by atoms with Gasteiger partial charge in [0.25, 0.3) is 0 Å². The zero-order chi connectivity index (χ0) is 21.5. The van der Waals surface area contributed by atoms with Crippen molar-refractivity contribution in [3.8, 4) is 17.1 Å². The number of esters is 1. The van der Waals surface area contributed by atoms with E-state index in [4.69, 9.17) is 18.8 Å². The molecule has 0 aliphatic heterocycles. The normalized spacial score (nSPS) is 11.3. The molecule has 8 heteroatoms. The Hall–Kier alpha value is -3.68. The lowest BCUT2D eigenvalue weighted by atomic mass is 10.0. The van der Waals surface area contributed by atoms with Gasteiger partial charge in [0, 0.05) is 17.5 Å². The minimum absolute atomic E-state index is 0.0788. The van der Waals surface area contributed by atoms with Crippen LogP contribution in [0.15, 0.2) is 52.1 Å². The molecule has 8 nitrogen and oxygen atoms in total. The van der Waals surface area contributed by atoms with Crippen LogP contribution in [-0.2, 0) is 27.4 Å². The van der Waals surface area contributed by atoms with E-state index in [2.05, 4.69) is 15.3 Å². The van der Waals surface area contributed by atoms with Crippen molar-refractivity contribution < 1.29 is 23.6 Å². The lowest BCUT2D eigenvalue weighted by Gasteiger charge is -2.13. The van der Waals surface area contributed by atoms with Crippen molar-refractivity contribution in [2.45, 2.75) is 26.9 Å². The molecule has 3 rings (SSSR count). The minimum Gasteiger partial charge on any atom is -0.489 e. The molecule has 3 aromatic rings. The second-order valence-corrected chi connectivity index (χ2v) is 6.41. The Labute approximate surface area is 174 Å². The van der Waals surface area contributed by atoms with Crippen molar-refractivity contribution in [3.05, 3.63) is 65.0 Å². The number of carbonyl (C=O) groups is 1. The molecule has 0 saturated carbocycles. The molecule has 0 spiro atoms. The van der Waals surface area contributed by atoms with Crippen molar-refractivity contribution in [1.29, 1.82) is 0 Å². The molecular formula is C22H23N3O5. The average molecular weight is 409 g/mol. The predicted octanol–water partition coefficient (Wildman–Crippen LogP) is 3.71. The van der Waals surface area contributed by atoms with Crippen LogP contribution >= 0.6 is 0 Å². The molecular weight excluding hydrogens is 386 g/mol. The number of oxime groups is 1. The molecule has 0 radical (unpaired) electrons. The highest BCUT2D eigenvalue weighted by Gasteiger charge is 2.19. The lowest BCUT2D eigenvalue weighted by Crippen LogP contribution is -2.19. The first-order valence-electron chi connectivity index (χ1n) is 9.41. The van der Waals surface area contributed by atoms with Gasteiger partial charge in [-0.05, 0) is 36.2 Å². The van der Waals surface area contributed by atoms with E-state index in [1.807, 2.05) is 50.2 Å². The molecule has 0 bridgehead atoms. The smallest absolute Gasteiger partial charge is 0.360 e. The van der Waals surface area contributed by atoms with E-state index < -0.39 is 5.97 Å². The summed E-state index contributed by atoms with van der Waals surface area (Å²) in [6, 6.07) is 13.0. The number of aryl methyl sites for hydroxylation is 2. The second-order valence-electron chi connectivity index (χ2n) is 6.41. The van der Waals surface area contributed by atoms with Gasteiger partial charge >= 0.3 is 5.97 Å². The maximum Gasteiger partial charge on any atom is 0.360 e. The van der Waals surface area contributed by atoms with E-state index in [-0.39, 0.29) is 12.3 Å². The van der Waals surface area contributed by atoms with E-state index in [1.165, 1.54) is 14.2 Å². The summed E-state index contributed by atoms with van der Waals surface area (Å²) in [6.45, 7) is 4.14. The van der Waals surface area contributed by atoms with Crippen LogP contribution in [-0.4, -0.2) is 36.0 Å². The fraction of sp³-hybridized carbons (Fsp3) is 0.273. The quantitative estimate of drug-likeness (QED) is 0.318. The Morgan fingerprint density at radius 3 is 2.63 bits per heavy atom. The van der Waals surface area contributed by atoms with Crippen LogP contribution in [0.4, 0.5) is 0 Å². The summed E-state index contributed by atoms with van der Waals surface area (Å²) in [7, 11) is 2.67. The largest absolute Gasteiger partial charge is 0.489 e. The van der Waals surface area contributed by atoms with Gasteiger partial charge in [0.1, 0.15) is 19.5 Å². The van der Waals surface area contributed by atoms with Crippen LogP contribution in [0.25, 0.3) is 11.4 Å². The van der Waals surface area contributed by atoms with Gasteiger partial charge in [0.2, 0.25) is 11.7 Å². The zero-order valence-electron chi connectivity index (χ0n) is 17.3. The monoisotopic (exact) mass is 409 g/mol. The summed E-state index contributed by atoms with van der Waals surface area (Å²) >= 11 is 0. The molecule has 2 aromatic carbocycles. The number of rotatable bonds is 8. The van der Waals surface area contributed by atoms with E-state index >= 15 is 0 Å². The van der Waals surface area contributed by atoms with Crippen LogP contribution in [0.2, 0.25) is 0 Å². The van der Waals surface area contributed by atoms with Gasteiger partial charge in [-0.3, -0.25) is 0 Å². The summed E-state index contributed by atoms with van der Waals surface area (Å²) < 4.78 is 16.0. The SMILES string of the molecule is CCc1nc(-c2ccc(OCc3ccccc3C(=NOC)C(=O)OC)c(C)c2)no1. The van der Waals surface area contributed by atoms with Crippen molar-refractivity contribution >= 4 is 11.7 Å². The predicted molar refractivity (Wildman–Crippen MR) is 110 cm³/mol. The Balaban J connectivity index is 1.81. The first kappa shape index (κ1) is 21.0. The van der Waals surface area contributed by atoms with Gasteiger partial charge in [-0.15, -0.1) is 0 Å². The standard InChI is InChI=1S/C22H23N3O5/c1-5-19-23-21(25-30-19)15-10-11-18(14(2)12-15)29-13-16-8-6-7-9-17(16)20(24-28-4)22(26)27-3/h6-12H,5,13H2,1-4H3. The summed E-state index contributed by atoms with van der Waals surface area (Å²) in [5, 5.41) is 7.82. The number of methoxy groups -OCH3 is 1. The van der Waals surface area contributed by atoms with Gasteiger partial charge in [-0.2, -0.15) is 4.98 Å². The van der Waals surface area contributed by atoms with E-state index in [0.717, 1.165) is 16.7 Å². The Bertz CT molecular complexity index is 1060. The van der Waals surface area contributed by atoms with Gasteiger partial charge in [-0.25, -0.2) is 4.79 Å². The number of carbonyl (C=O) groups excluding carboxylic acids is 1. The number of ether oxygens (including phenoxy) is 2. The fourth-order valence-electron chi connectivity index (χ4n) is 2.88. The highest BCUT2D eigenvalue weighted by atomic mass is 16.6. The van der Waals surface area contributed by atoms with Crippen LogP contribution in [0.3, 0.4) is 0 Å². The van der Waals surface area contributed by atoms with Crippen molar-refractivity contribution in [3.63, 3.8) is 0 Å². The molecule has 0 fully saturated rings. The summed E-state index contributed by atoms with van der Waals surface area (Å²) in [5.74, 6) is 1.26. The molecule has 156 valence electrons. The Morgan fingerprint density at radius 1 is 1.17 bits per heavy atom. The van der Waals surface area contributed by atoms with Gasteiger partial charge in [0.05, 0.1) is 7.11 Å². The van der Waals surface area contributed by atoms with Crippen molar-refractivity contribution in [2.75, 3.05) is 14.2 Å². The number of hydrogen-bond donors (Lipinski definition) is 0. The maximum absolute atomic E-state index is 12.1. The summed E-state index contributed by atoms with van der Waals surface area (Å²) in [6.07, 6.45) is 0.687. The first-order chi connectivity index (χ1) is 14.6. The van der Waals surface area contributed by atoms with Gasteiger partial charge < -0.3 is 18.8 Å². The molecule has 30 heavy (non-hydrogen) atoms. The number of benzene rings is 2. The molecule has 0 atom stereocenters. The molecule has 0 aliphatic carbocycles. The van der Waals surface area contributed by atoms with Crippen LogP contribution in [0.1, 0.15) is 29.5 Å². The third kappa shape index (κ3) is 4.65. The third-order valence-corrected chi connectivity index (χ3v) is 4.42. The molecule has 1 aromatic heterocycles. The van der Waals surface area contributed by atoms with Crippen LogP contribution < -0.4 is 4.74 Å². The number of aromatic nitrogens is 2. The average Bonchev–Trinajstić information content (AvgIpc) is 3.26. The first-order valence-corrected chi connectivity index (χ1v) is 9.41. The molecule has 0 N–H and O–H groups in total. The fourth-order valence-corrected chi connectivity index (χ4v) is 2.88.